The Kier molecular flexibility index (Phi) is 10.4. The Hall–Kier alpha value is -4.16. The van der Waals surface area contributed by atoms with E-state index in [0.29, 0.717) is 0 Å². The number of nitro groups is 1. The molecule has 0 spiro atoms. The van der Waals surface area contributed by atoms with Crippen LogP contribution in [-0.2, 0) is 26.2 Å². The number of hydrogen-bond acceptors (Lipinski definition) is 7. The summed E-state index contributed by atoms with van der Waals surface area (Å²) >= 11 is 6.25. The highest BCUT2D eigenvalue weighted by Gasteiger charge is 2.35. The molecule has 3 aromatic carbocycles. The number of nitrogens with one attached hydrogen (secondary N) is 1. The molecular weight excluding hydrogens is 596 g/mol. The number of anilines is 1. The lowest BCUT2D eigenvalue weighted by Crippen LogP contribution is -2.54. The average molecular weight is 631 g/mol. The van der Waals surface area contributed by atoms with Gasteiger partial charge in [0.05, 0.1) is 22.6 Å². The standard InChI is InChI=1S/C30H35ClN4O7S/c1-20-12-14-24(17-25(20)35(38)39)43(40,41)34(26-16-23(31)13-15-27(26)42-6)19-28(36)33(18-22-10-8-7-9-11-22)21(2)29(37)32-30(3,4)5/h7-17,21H,18-19H2,1-6H3,(H,32,37)/t21-/m1/s1. The van der Waals surface area contributed by atoms with Gasteiger partial charge in [0.2, 0.25) is 11.8 Å². The number of carbonyl (C=O) groups excluding carboxylic acids is 2. The number of benzene rings is 3. The van der Waals surface area contributed by atoms with Gasteiger partial charge in [0.15, 0.2) is 0 Å². The van der Waals surface area contributed by atoms with Crippen molar-refractivity contribution in [3.63, 3.8) is 0 Å². The maximum Gasteiger partial charge on any atom is 0.273 e. The summed E-state index contributed by atoms with van der Waals surface area (Å²) in [4.78, 5) is 39.1. The number of hydrogen-bond donors (Lipinski definition) is 1. The van der Waals surface area contributed by atoms with Crippen LogP contribution in [0.3, 0.4) is 0 Å². The van der Waals surface area contributed by atoms with E-state index in [1.807, 2.05) is 26.8 Å². The Balaban J connectivity index is 2.16. The third-order valence-electron chi connectivity index (χ3n) is 6.51. The number of halogens is 1. The van der Waals surface area contributed by atoms with Crippen molar-refractivity contribution in [3.05, 3.63) is 93.0 Å². The zero-order chi connectivity index (χ0) is 32.1. The van der Waals surface area contributed by atoms with E-state index in [1.165, 1.54) is 49.3 Å². The monoisotopic (exact) mass is 630 g/mol. The molecule has 1 N–H and O–H groups in total. The van der Waals surface area contributed by atoms with Crippen molar-refractivity contribution in [2.45, 2.75) is 57.6 Å². The molecule has 0 unspecified atom stereocenters. The fraction of sp³-hybridized carbons (Fsp3) is 0.333. The van der Waals surface area contributed by atoms with E-state index in [0.717, 1.165) is 15.9 Å². The Morgan fingerprint density at radius 3 is 2.30 bits per heavy atom. The molecule has 3 aromatic rings. The fourth-order valence-electron chi connectivity index (χ4n) is 4.28. The van der Waals surface area contributed by atoms with Crippen molar-refractivity contribution in [1.29, 1.82) is 0 Å². The topological polar surface area (TPSA) is 139 Å². The van der Waals surface area contributed by atoms with Gasteiger partial charge in [0.25, 0.3) is 15.7 Å². The number of amides is 2. The van der Waals surface area contributed by atoms with Crippen LogP contribution in [-0.4, -0.2) is 55.3 Å². The van der Waals surface area contributed by atoms with Crippen molar-refractivity contribution >= 4 is 44.8 Å². The Labute approximate surface area is 256 Å². The van der Waals surface area contributed by atoms with Crippen LogP contribution in [0.4, 0.5) is 11.4 Å². The van der Waals surface area contributed by atoms with E-state index in [4.69, 9.17) is 16.3 Å². The van der Waals surface area contributed by atoms with Crippen LogP contribution in [0.15, 0.2) is 71.6 Å². The lowest BCUT2D eigenvalue weighted by molar-refractivity contribution is -0.385. The number of nitro benzene ring substituents is 1. The molecule has 0 aromatic heterocycles. The number of nitrogens with zero attached hydrogens (tertiary/aromatic N) is 3. The third kappa shape index (κ3) is 8.23. The molecule has 0 aliphatic rings. The summed E-state index contributed by atoms with van der Waals surface area (Å²) < 4.78 is 34.5. The zero-order valence-electron chi connectivity index (χ0n) is 24.8. The Bertz CT molecular complexity index is 1610. The van der Waals surface area contributed by atoms with E-state index in [-0.39, 0.29) is 28.6 Å². The third-order valence-corrected chi connectivity index (χ3v) is 8.51. The van der Waals surface area contributed by atoms with Crippen molar-refractivity contribution < 1.29 is 27.7 Å². The summed E-state index contributed by atoms with van der Waals surface area (Å²) in [7, 11) is -3.28. The smallest absolute Gasteiger partial charge is 0.273 e. The largest absolute Gasteiger partial charge is 0.495 e. The summed E-state index contributed by atoms with van der Waals surface area (Å²) in [5.41, 5.74) is -0.0623. The number of carbonyl (C=O) groups is 2. The minimum absolute atomic E-state index is 0.00890. The molecule has 0 bridgehead atoms. The minimum Gasteiger partial charge on any atom is -0.495 e. The molecule has 0 saturated heterocycles. The van der Waals surface area contributed by atoms with Crippen LogP contribution in [0.1, 0.15) is 38.8 Å². The van der Waals surface area contributed by atoms with Crippen molar-refractivity contribution in [3.8, 4) is 5.75 Å². The van der Waals surface area contributed by atoms with E-state index in [2.05, 4.69) is 5.32 Å². The molecule has 13 heteroatoms. The average Bonchev–Trinajstić information content (AvgIpc) is 2.93. The van der Waals surface area contributed by atoms with Gasteiger partial charge >= 0.3 is 0 Å². The van der Waals surface area contributed by atoms with Crippen LogP contribution in [0.5, 0.6) is 5.75 Å². The number of sulfonamides is 1. The molecule has 0 aliphatic heterocycles. The lowest BCUT2D eigenvalue weighted by Gasteiger charge is -2.33. The first kappa shape index (κ1) is 33.3. The van der Waals surface area contributed by atoms with E-state index in [9.17, 15) is 28.1 Å². The second-order valence-corrected chi connectivity index (χ2v) is 13.3. The second kappa shape index (κ2) is 13.4. The molecular formula is C30H35ClN4O7S. The molecule has 230 valence electrons. The molecule has 0 fully saturated rings. The maximum absolute atomic E-state index is 14.2. The van der Waals surface area contributed by atoms with Crippen molar-refractivity contribution in [2.24, 2.45) is 0 Å². The highest BCUT2D eigenvalue weighted by Crippen LogP contribution is 2.36. The molecule has 0 saturated carbocycles. The second-order valence-electron chi connectivity index (χ2n) is 11.0. The molecule has 43 heavy (non-hydrogen) atoms. The van der Waals surface area contributed by atoms with Gasteiger partial charge in [-0.05, 0) is 64.4 Å². The highest BCUT2D eigenvalue weighted by atomic mass is 35.5. The zero-order valence-corrected chi connectivity index (χ0v) is 26.4. The van der Waals surface area contributed by atoms with E-state index < -0.39 is 55.5 Å². The van der Waals surface area contributed by atoms with Gasteiger partial charge < -0.3 is 15.0 Å². The summed E-state index contributed by atoms with van der Waals surface area (Å²) in [6, 6.07) is 15.7. The number of ether oxygens (including phenoxy) is 1. The molecule has 0 aliphatic carbocycles. The van der Waals surface area contributed by atoms with Crippen molar-refractivity contribution in [1.82, 2.24) is 10.2 Å². The van der Waals surface area contributed by atoms with E-state index >= 15 is 0 Å². The summed E-state index contributed by atoms with van der Waals surface area (Å²) in [5, 5.41) is 14.7. The van der Waals surface area contributed by atoms with Crippen molar-refractivity contribution in [2.75, 3.05) is 18.0 Å². The first-order valence-corrected chi connectivity index (χ1v) is 15.1. The molecule has 11 nitrogen and oxygen atoms in total. The normalized spacial score (nSPS) is 12.3. The predicted octanol–water partition coefficient (Wildman–Crippen LogP) is 5.09. The molecule has 3 rings (SSSR count). The minimum atomic E-state index is -4.61. The van der Waals surface area contributed by atoms with E-state index in [1.54, 1.807) is 31.2 Å². The maximum atomic E-state index is 14.2. The van der Waals surface area contributed by atoms with Gasteiger partial charge in [0.1, 0.15) is 18.3 Å². The first-order valence-electron chi connectivity index (χ1n) is 13.3. The van der Waals surface area contributed by atoms with Gasteiger partial charge in [-0.2, -0.15) is 0 Å². The fourth-order valence-corrected chi connectivity index (χ4v) is 5.89. The summed E-state index contributed by atoms with van der Waals surface area (Å²) in [5.74, 6) is -1.04. The molecule has 0 heterocycles. The van der Waals surface area contributed by atoms with Gasteiger partial charge in [-0.15, -0.1) is 0 Å². The van der Waals surface area contributed by atoms with Gasteiger partial charge in [-0.3, -0.25) is 24.0 Å². The predicted molar refractivity (Wildman–Crippen MR) is 165 cm³/mol. The first-order chi connectivity index (χ1) is 20.0. The number of aryl methyl sites for hydroxylation is 1. The molecule has 0 radical (unpaired) electrons. The van der Waals surface area contributed by atoms with Gasteiger partial charge in [-0.1, -0.05) is 48.0 Å². The lowest BCUT2D eigenvalue weighted by atomic mass is 10.1. The van der Waals surface area contributed by atoms with Gasteiger partial charge in [0, 0.05) is 28.7 Å². The quantitative estimate of drug-likeness (QED) is 0.230. The Morgan fingerprint density at radius 2 is 1.72 bits per heavy atom. The number of methoxy groups -OCH3 is 1. The Morgan fingerprint density at radius 1 is 1.07 bits per heavy atom. The van der Waals surface area contributed by atoms with Crippen LogP contribution >= 0.6 is 11.6 Å². The van der Waals surface area contributed by atoms with Crippen LogP contribution in [0.2, 0.25) is 5.02 Å². The molecule has 2 amide bonds. The highest BCUT2D eigenvalue weighted by molar-refractivity contribution is 7.92. The summed E-state index contributed by atoms with van der Waals surface area (Å²) in [6.07, 6.45) is 0. The SMILES string of the molecule is COc1ccc(Cl)cc1N(CC(=O)N(Cc1ccccc1)[C@H](C)C(=O)NC(C)(C)C)S(=O)(=O)c1ccc(C)c([N+](=O)[O-])c1. The van der Waals surface area contributed by atoms with Crippen LogP contribution < -0.4 is 14.4 Å². The van der Waals surface area contributed by atoms with Gasteiger partial charge in [-0.25, -0.2) is 8.42 Å². The number of rotatable bonds is 11. The van der Waals surface area contributed by atoms with Crippen LogP contribution in [0, 0.1) is 17.0 Å². The van der Waals surface area contributed by atoms with Crippen LogP contribution in [0.25, 0.3) is 0 Å². The summed E-state index contributed by atoms with van der Waals surface area (Å²) in [6.45, 7) is 7.71. The molecule has 1 atom stereocenters.